The summed E-state index contributed by atoms with van der Waals surface area (Å²) in [7, 11) is 0. The van der Waals surface area contributed by atoms with Crippen LogP contribution in [0.2, 0.25) is 0 Å². The molecule has 0 atom stereocenters. The van der Waals surface area contributed by atoms with Crippen molar-refractivity contribution in [2.75, 3.05) is 24.5 Å². The number of aromatic nitrogens is 1. The molecular weight excluding hydrogens is 1630 g/mol. The topological polar surface area (TPSA) is 21.1 Å². The Balaban J connectivity index is 0.504. The monoisotopic (exact) mass is 1720 g/mol. The average Bonchev–Trinajstić information content (AvgIpc) is 1.51. The van der Waals surface area contributed by atoms with E-state index in [0.29, 0.717) is 0 Å². The van der Waals surface area contributed by atoms with Gasteiger partial charge in [-0.15, -0.1) is 0 Å². The van der Waals surface area contributed by atoms with Gasteiger partial charge in [-0.25, -0.2) is 0 Å². The third-order valence-corrected chi connectivity index (χ3v) is 27.5. The average molecular weight is 1720 g/mol. The second-order valence-electron chi connectivity index (χ2n) is 35.1. The molecular formula is C129H88N6. The van der Waals surface area contributed by atoms with Crippen molar-refractivity contribution in [2.45, 2.75) is 5.41 Å². The van der Waals surface area contributed by atoms with Crippen LogP contribution in [0.25, 0.3) is 116 Å². The Bertz CT molecular complexity index is 8260. The van der Waals surface area contributed by atoms with Crippen LogP contribution < -0.4 is 24.5 Å². The van der Waals surface area contributed by atoms with E-state index >= 15 is 0 Å². The summed E-state index contributed by atoms with van der Waals surface area (Å²) in [6.07, 6.45) is 0. The van der Waals surface area contributed by atoms with Gasteiger partial charge in [-0.3, -0.25) is 0 Å². The van der Waals surface area contributed by atoms with Crippen molar-refractivity contribution in [1.29, 1.82) is 0 Å². The van der Waals surface area contributed by atoms with Gasteiger partial charge in [0.2, 0.25) is 0 Å². The minimum absolute atomic E-state index is 0.477. The molecule has 22 aromatic carbocycles. The lowest BCUT2D eigenvalue weighted by Gasteiger charge is -2.32. The van der Waals surface area contributed by atoms with E-state index in [4.69, 9.17) is 0 Å². The Morgan fingerprint density at radius 3 is 0.963 bits per heavy atom. The lowest BCUT2D eigenvalue weighted by Crippen LogP contribution is -2.26. The summed E-state index contributed by atoms with van der Waals surface area (Å²) in [6, 6.07) is 196. The zero-order valence-corrected chi connectivity index (χ0v) is 74.0. The van der Waals surface area contributed by atoms with E-state index in [1.165, 1.54) is 88.0 Å². The first kappa shape index (κ1) is 79.3. The van der Waals surface area contributed by atoms with E-state index in [9.17, 15) is 0 Å². The van der Waals surface area contributed by atoms with E-state index in [0.717, 1.165) is 135 Å². The van der Waals surface area contributed by atoms with Crippen LogP contribution in [-0.4, -0.2) is 4.57 Å². The molecule has 1 spiro atoms. The molecule has 0 N–H and O–H groups in total. The molecule has 6 heteroatoms. The molecule has 0 radical (unpaired) electrons. The Morgan fingerprint density at radius 2 is 0.452 bits per heavy atom. The summed E-state index contributed by atoms with van der Waals surface area (Å²) < 4.78 is 2.42. The Kier molecular flexibility index (Phi) is 19.7. The SMILES string of the molecule is c1ccc(-c2ccc(N(c3ccc(-c4ccc5c(c4)c4ccccc4n5-c4ccc(-c5cccc(N(c6ccccc6)c6ccc(N(c7ccc(-c8ccc(N(c9ccc(N(c%10ccccc%10)c%10ccccc%10)cc9)c9cccc%10ccccc9%10)cc8)cc7)c7ccc8ccccc8c7)cc6)c5)cc4)cc3)c3ccc4c(c3)C3(c5ccccc5-c5ccccc53)c3ccccc3-4)cc2)cc1. The first-order chi connectivity index (χ1) is 66.9. The molecule has 0 saturated carbocycles. The minimum atomic E-state index is -0.477. The fraction of sp³-hybridized carbons (Fsp3) is 0.00775. The van der Waals surface area contributed by atoms with E-state index in [1.807, 2.05) is 0 Å². The molecule has 25 rings (SSSR count). The maximum atomic E-state index is 2.49. The van der Waals surface area contributed by atoms with Crippen molar-refractivity contribution in [3.63, 3.8) is 0 Å². The molecule has 1 heterocycles. The maximum absolute atomic E-state index is 2.49. The Labute approximate surface area is 786 Å². The highest BCUT2D eigenvalue weighted by Crippen LogP contribution is 2.64. The molecule has 0 bridgehead atoms. The molecule has 135 heavy (non-hydrogen) atoms. The van der Waals surface area contributed by atoms with Crippen LogP contribution in [-0.2, 0) is 5.41 Å². The van der Waals surface area contributed by atoms with Crippen LogP contribution in [0.5, 0.6) is 0 Å². The lowest BCUT2D eigenvalue weighted by atomic mass is 9.70. The second-order valence-corrected chi connectivity index (χ2v) is 35.1. The lowest BCUT2D eigenvalue weighted by molar-refractivity contribution is 0.793. The number of benzene rings is 22. The third-order valence-electron chi connectivity index (χ3n) is 27.5. The molecule has 6 nitrogen and oxygen atoms in total. The van der Waals surface area contributed by atoms with Gasteiger partial charge in [0.1, 0.15) is 0 Å². The Hall–Kier alpha value is -17.8. The summed E-state index contributed by atoms with van der Waals surface area (Å²) in [5, 5.41) is 7.14. The van der Waals surface area contributed by atoms with Crippen molar-refractivity contribution in [2.24, 2.45) is 0 Å². The zero-order chi connectivity index (χ0) is 89.3. The molecule has 0 saturated heterocycles. The highest BCUT2D eigenvalue weighted by atomic mass is 15.2. The number of fused-ring (bicyclic) bond motifs is 15. The van der Waals surface area contributed by atoms with Crippen LogP contribution in [0.15, 0.2) is 534 Å². The van der Waals surface area contributed by atoms with Crippen LogP contribution in [0, 0.1) is 0 Å². The fourth-order valence-electron chi connectivity index (χ4n) is 21.3. The van der Waals surface area contributed by atoms with Crippen LogP contribution in [0.1, 0.15) is 22.3 Å². The van der Waals surface area contributed by atoms with Gasteiger partial charge in [0.05, 0.1) is 22.1 Å². The number of anilines is 15. The fourth-order valence-corrected chi connectivity index (χ4v) is 21.3. The van der Waals surface area contributed by atoms with Gasteiger partial charge in [-0.05, 0) is 311 Å². The molecule has 0 aliphatic heterocycles. The van der Waals surface area contributed by atoms with Crippen molar-refractivity contribution in [3.05, 3.63) is 556 Å². The summed E-state index contributed by atoms with van der Waals surface area (Å²) in [5.74, 6) is 0. The molecule has 634 valence electrons. The molecule has 0 amide bonds. The highest BCUT2D eigenvalue weighted by Gasteiger charge is 2.52. The normalized spacial score (nSPS) is 12.1. The van der Waals surface area contributed by atoms with E-state index in [2.05, 4.69) is 563 Å². The van der Waals surface area contributed by atoms with Crippen LogP contribution >= 0.6 is 0 Å². The molecule has 2 aliphatic rings. The standard InChI is InChI=1S/C129H88N6/c1-5-27-89(28-6-1)91-51-63-104(64-52-91)133(114-82-83-119-118-44-19-23-48-124(118)129(125(119)88-114)122-46-21-17-42-116(122)117-43-18-22-47-123(117)129)105-67-57-95(58-68-105)99-62-84-128-121(87-99)120-45-20-24-49-127(120)135(128)111-71-59-94(60-72-111)98-33-25-40-112(85-98)131(102-38-11-4-12-39-102)107-74-76-108(77-75-107)132(113-73-61-90-29-13-14-31-97(90)86-113)103-65-53-92(54-66-103)93-55-69-109(70-56-93)134(126-50-26-32-96-30-15-16-41-115(96)126)110-80-78-106(79-81-110)130(100-34-7-2-8-35-100)101-36-9-3-10-37-101/h1-88H. The number of para-hydroxylation sites is 4. The quantitative estimate of drug-likeness (QED) is 0.0756. The molecule has 23 aromatic rings. The predicted octanol–water partition coefficient (Wildman–Crippen LogP) is 35.5. The van der Waals surface area contributed by atoms with E-state index in [-0.39, 0.29) is 0 Å². The number of hydrogen-bond acceptors (Lipinski definition) is 5. The summed E-state index contributed by atoms with van der Waals surface area (Å²) in [5.41, 5.74) is 38.6. The highest BCUT2D eigenvalue weighted by molar-refractivity contribution is 6.11. The largest absolute Gasteiger partial charge is 0.311 e. The van der Waals surface area contributed by atoms with E-state index in [1.54, 1.807) is 0 Å². The number of hydrogen-bond donors (Lipinski definition) is 0. The number of nitrogens with zero attached hydrogens (tertiary/aromatic N) is 6. The van der Waals surface area contributed by atoms with Crippen molar-refractivity contribution >= 4 is 129 Å². The molecule has 1 aromatic heterocycles. The van der Waals surface area contributed by atoms with Crippen molar-refractivity contribution < 1.29 is 0 Å². The van der Waals surface area contributed by atoms with E-state index < -0.39 is 5.41 Å². The van der Waals surface area contributed by atoms with Crippen molar-refractivity contribution in [3.8, 4) is 72.4 Å². The smallest absolute Gasteiger partial charge is 0.0726 e. The van der Waals surface area contributed by atoms with Gasteiger partial charge in [0.15, 0.2) is 0 Å². The minimum Gasteiger partial charge on any atom is -0.311 e. The maximum Gasteiger partial charge on any atom is 0.0726 e. The van der Waals surface area contributed by atoms with Gasteiger partial charge in [0, 0.05) is 101 Å². The summed E-state index contributed by atoms with van der Waals surface area (Å²) >= 11 is 0. The van der Waals surface area contributed by atoms with Crippen LogP contribution in [0.3, 0.4) is 0 Å². The van der Waals surface area contributed by atoms with Gasteiger partial charge in [-0.1, -0.05) is 328 Å². The first-order valence-electron chi connectivity index (χ1n) is 46.4. The predicted molar refractivity (Wildman–Crippen MR) is 567 cm³/mol. The summed E-state index contributed by atoms with van der Waals surface area (Å²) in [4.78, 5) is 11.9. The first-order valence-corrected chi connectivity index (χ1v) is 46.4. The van der Waals surface area contributed by atoms with Gasteiger partial charge in [0.25, 0.3) is 0 Å². The molecule has 0 unspecified atom stereocenters. The zero-order valence-electron chi connectivity index (χ0n) is 74.0. The third kappa shape index (κ3) is 14.0. The molecule has 2 aliphatic carbocycles. The number of rotatable bonds is 20. The summed E-state index contributed by atoms with van der Waals surface area (Å²) in [6.45, 7) is 0. The second kappa shape index (κ2) is 33.6. The van der Waals surface area contributed by atoms with Gasteiger partial charge >= 0.3 is 0 Å². The Morgan fingerprint density at radius 1 is 0.148 bits per heavy atom. The van der Waals surface area contributed by atoms with Crippen LogP contribution in [0.4, 0.5) is 85.3 Å². The molecule has 0 fully saturated rings. The van der Waals surface area contributed by atoms with Crippen molar-refractivity contribution in [1.82, 2.24) is 4.57 Å². The van der Waals surface area contributed by atoms with Gasteiger partial charge < -0.3 is 29.1 Å². The van der Waals surface area contributed by atoms with Gasteiger partial charge in [-0.2, -0.15) is 0 Å².